The number of hydrogen-bond acceptors (Lipinski definition) is 0. The highest BCUT2D eigenvalue weighted by Crippen LogP contribution is 2.44. The highest BCUT2D eigenvalue weighted by Gasteiger charge is 2.42. The highest BCUT2D eigenvalue weighted by molar-refractivity contribution is 5.02. The van der Waals surface area contributed by atoms with Crippen LogP contribution in [0, 0.1) is 17.3 Å². The smallest absolute Gasteiger partial charge is 0.207 e. The second kappa shape index (κ2) is 3.63. The summed E-state index contributed by atoms with van der Waals surface area (Å²) in [6, 6.07) is 0. The topological polar surface area (TPSA) is 0 Å². The second-order valence-electron chi connectivity index (χ2n) is 5.61. The standard InChI is InChI=1S/C12H20F2/c1-11(2,3)6-5-9-7-10(8-9)12(4,13)14/h5-6,9-10H,7-8H2,1-4H3/b6-5+. The largest absolute Gasteiger partial charge is 0.248 e. The van der Waals surface area contributed by atoms with E-state index in [-0.39, 0.29) is 5.41 Å². The van der Waals surface area contributed by atoms with Gasteiger partial charge in [0, 0.05) is 5.92 Å². The summed E-state index contributed by atoms with van der Waals surface area (Å²) < 4.78 is 25.6. The Hall–Kier alpha value is -0.400. The Morgan fingerprint density at radius 2 is 1.57 bits per heavy atom. The summed E-state index contributed by atoms with van der Waals surface area (Å²) in [6.45, 7) is 7.39. The Morgan fingerprint density at radius 1 is 1.07 bits per heavy atom. The maximum Gasteiger partial charge on any atom is 0.248 e. The first-order valence-electron chi connectivity index (χ1n) is 5.25. The predicted octanol–water partition coefficient (Wildman–Crippen LogP) is 4.27. The zero-order valence-electron chi connectivity index (χ0n) is 9.48. The summed E-state index contributed by atoms with van der Waals surface area (Å²) in [5.74, 6) is -2.49. The molecule has 14 heavy (non-hydrogen) atoms. The average Bonchev–Trinajstić information content (AvgIpc) is 1.76. The van der Waals surface area contributed by atoms with E-state index >= 15 is 0 Å². The minimum Gasteiger partial charge on any atom is -0.207 e. The lowest BCUT2D eigenvalue weighted by atomic mass is 9.71. The molecule has 0 amide bonds. The molecule has 1 rings (SSSR count). The molecular formula is C12H20F2. The maximum atomic E-state index is 12.8. The van der Waals surface area contributed by atoms with E-state index < -0.39 is 11.8 Å². The summed E-state index contributed by atoms with van der Waals surface area (Å²) in [6.07, 6.45) is 5.52. The van der Waals surface area contributed by atoms with E-state index in [1.54, 1.807) is 0 Å². The Labute approximate surface area is 85.4 Å². The van der Waals surface area contributed by atoms with E-state index in [1.165, 1.54) is 0 Å². The van der Waals surface area contributed by atoms with Gasteiger partial charge in [-0.3, -0.25) is 0 Å². The van der Waals surface area contributed by atoms with Gasteiger partial charge in [-0.15, -0.1) is 0 Å². The van der Waals surface area contributed by atoms with Gasteiger partial charge in [0.1, 0.15) is 0 Å². The van der Waals surface area contributed by atoms with Gasteiger partial charge in [0.15, 0.2) is 0 Å². The van der Waals surface area contributed by atoms with Crippen molar-refractivity contribution in [3.8, 4) is 0 Å². The fraction of sp³-hybridized carbons (Fsp3) is 0.833. The molecule has 0 saturated heterocycles. The first-order chi connectivity index (χ1) is 6.18. The van der Waals surface area contributed by atoms with Crippen LogP contribution in [0.5, 0.6) is 0 Å². The van der Waals surface area contributed by atoms with Gasteiger partial charge >= 0.3 is 0 Å². The third-order valence-electron chi connectivity index (χ3n) is 2.76. The van der Waals surface area contributed by atoms with Crippen LogP contribution in [-0.4, -0.2) is 5.92 Å². The van der Waals surface area contributed by atoms with Crippen LogP contribution < -0.4 is 0 Å². The Morgan fingerprint density at radius 3 is 1.93 bits per heavy atom. The SMILES string of the molecule is CC(C)(C)/C=C/C1CC(C(C)(F)F)C1. The molecule has 0 aromatic carbocycles. The van der Waals surface area contributed by atoms with E-state index in [0.717, 1.165) is 6.92 Å². The van der Waals surface area contributed by atoms with Crippen molar-refractivity contribution in [2.24, 2.45) is 17.3 Å². The number of allylic oxidation sites excluding steroid dienone is 2. The molecule has 1 fully saturated rings. The molecule has 0 radical (unpaired) electrons. The molecule has 0 unspecified atom stereocenters. The maximum absolute atomic E-state index is 12.8. The van der Waals surface area contributed by atoms with Crippen LogP contribution in [-0.2, 0) is 0 Å². The molecule has 0 N–H and O–H groups in total. The summed E-state index contributed by atoms with van der Waals surface area (Å²) >= 11 is 0. The zero-order chi connectivity index (χ0) is 11.0. The minimum atomic E-state index is -2.48. The number of hydrogen-bond donors (Lipinski definition) is 0. The number of rotatable bonds is 2. The first kappa shape index (κ1) is 11.7. The van der Waals surface area contributed by atoms with Gasteiger partial charge in [-0.05, 0) is 31.1 Å². The summed E-state index contributed by atoms with van der Waals surface area (Å²) in [4.78, 5) is 0. The van der Waals surface area contributed by atoms with Crippen molar-refractivity contribution in [3.63, 3.8) is 0 Å². The van der Waals surface area contributed by atoms with Crippen LogP contribution in [0.3, 0.4) is 0 Å². The predicted molar refractivity (Wildman–Crippen MR) is 55.4 cm³/mol. The summed E-state index contributed by atoms with van der Waals surface area (Å²) in [5.41, 5.74) is 0.166. The van der Waals surface area contributed by atoms with E-state index in [1.807, 2.05) is 0 Å². The van der Waals surface area contributed by atoms with E-state index in [0.29, 0.717) is 18.8 Å². The molecule has 0 heterocycles. The highest BCUT2D eigenvalue weighted by atomic mass is 19.3. The lowest BCUT2D eigenvalue weighted by Gasteiger charge is -2.37. The van der Waals surface area contributed by atoms with Gasteiger partial charge in [0.25, 0.3) is 0 Å². The molecule has 0 aromatic heterocycles. The van der Waals surface area contributed by atoms with Crippen LogP contribution >= 0.6 is 0 Å². The molecule has 0 nitrogen and oxygen atoms in total. The van der Waals surface area contributed by atoms with Crippen molar-refractivity contribution in [2.75, 3.05) is 0 Å². The van der Waals surface area contributed by atoms with Crippen molar-refractivity contribution in [1.82, 2.24) is 0 Å². The average molecular weight is 202 g/mol. The molecule has 0 bridgehead atoms. The lowest BCUT2D eigenvalue weighted by molar-refractivity contribution is -0.0825. The fourth-order valence-electron chi connectivity index (χ4n) is 1.66. The third kappa shape index (κ3) is 3.39. The van der Waals surface area contributed by atoms with Crippen LogP contribution in [0.2, 0.25) is 0 Å². The molecule has 0 atom stereocenters. The van der Waals surface area contributed by atoms with Crippen molar-refractivity contribution in [1.29, 1.82) is 0 Å². The first-order valence-corrected chi connectivity index (χ1v) is 5.25. The van der Waals surface area contributed by atoms with Crippen LogP contribution in [0.1, 0.15) is 40.5 Å². The molecule has 0 aromatic rings. The quantitative estimate of drug-likeness (QED) is 0.586. The van der Waals surface area contributed by atoms with Crippen LogP contribution in [0.4, 0.5) is 8.78 Å². The third-order valence-corrected chi connectivity index (χ3v) is 2.76. The molecule has 0 aliphatic heterocycles. The van der Waals surface area contributed by atoms with Crippen LogP contribution in [0.15, 0.2) is 12.2 Å². The molecule has 1 aliphatic rings. The van der Waals surface area contributed by atoms with Gasteiger partial charge in [-0.1, -0.05) is 32.9 Å². The molecular weight excluding hydrogens is 182 g/mol. The van der Waals surface area contributed by atoms with E-state index in [2.05, 4.69) is 32.9 Å². The van der Waals surface area contributed by atoms with E-state index in [4.69, 9.17) is 0 Å². The zero-order valence-corrected chi connectivity index (χ0v) is 9.48. The van der Waals surface area contributed by atoms with Crippen molar-refractivity contribution >= 4 is 0 Å². The summed E-state index contributed by atoms with van der Waals surface area (Å²) in [7, 11) is 0. The Kier molecular flexibility index (Phi) is 3.03. The normalized spacial score (nSPS) is 29.3. The molecule has 82 valence electrons. The molecule has 2 heteroatoms. The molecule has 1 saturated carbocycles. The van der Waals surface area contributed by atoms with Crippen LogP contribution in [0.25, 0.3) is 0 Å². The van der Waals surface area contributed by atoms with Gasteiger partial charge in [0.2, 0.25) is 5.92 Å². The number of halogens is 2. The van der Waals surface area contributed by atoms with Crippen molar-refractivity contribution < 1.29 is 8.78 Å². The lowest BCUT2D eigenvalue weighted by Crippen LogP contribution is -2.35. The van der Waals surface area contributed by atoms with Gasteiger partial charge in [-0.2, -0.15) is 0 Å². The fourth-order valence-corrected chi connectivity index (χ4v) is 1.66. The Balaban J connectivity index is 2.33. The van der Waals surface area contributed by atoms with Gasteiger partial charge < -0.3 is 0 Å². The minimum absolute atomic E-state index is 0.166. The Bertz CT molecular complexity index is 211. The van der Waals surface area contributed by atoms with Gasteiger partial charge in [-0.25, -0.2) is 8.78 Å². The van der Waals surface area contributed by atoms with E-state index in [9.17, 15) is 8.78 Å². The molecule has 1 aliphatic carbocycles. The molecule has 0 spiro atoms. The number of alkyl halides is 2. The summed E-state index contributed by atoms with van der Waals surface area (Å²) in [5, 5.41) is 0. The van der Waals surface area contributed by atoms with Gasteiger partial charge in [0.05, 0.1) is 0 Å². The van der Waals surface area contributed by atoms with Crippen molar-refractivity contribution in [3.05, 3.63) is 12.2 Å². The monoisotopic (exact) mass is 202 g/mol. The second-order valence-corrected chi connectivity index (χ2v) is 5.61. The van der Waals surface area contributed by atoms with Crippen molar-refractivity contribution in [2.45, 2.75) is 46.5 Å².